The number of halogens is 3. The van der Waals surface area contributed by atoms with Crippen molar-refractivity contribution in [3.63, 3.8) is 0 Å². The van der Waals surface area contributed by atoms with Gasteiger partial charge in [0.2, 0.25) is 5.72 Å². The lowest BCUT2D eigenvalue weighted by molar-refractivity contribution is -0.287. The Morgan fingerprint density at radius 2 is 1.87 bits per heavy atom. The molecule has 1 fully saturated rings. The molecule has 1 aliphatic heterocycles. The molecule has 0 aliphatic carbocycles. The van der Waals surface area contributed by atoms with Crippen molar-refractivity contribution >= 4 is 11.8 Å². The van der Waals surface area contributed by atoms with Crippen LogP contribution in [0.2, 0.25) is 0 Å². The Balaban J connectivity index is 2.11. The van der Waals surface area contributed by atoms with E-state index in [0.29, 0.717) is 12.4 Å². The summed E-state index contributed by atoms with van der Waals surface area (Å²) in [6.45, 7) is 4.06. The largest absolute Gasteiger partial charge is 0.494 e. The standard InChI is InChI=1S/C22H23F3N2O4/c1-3-11-31-16-6-4-5-15(12-16)18-17(19(28)14-9-7-13(2)8-10-14)21(30,22(23,24)25)27-20(29)26-18/h4-10,12,17-18,30H,3,11H2,1-2H3,(H2,26,27,29)/t17-,18+,21-/m1/s1. The maximum atomic E-state index is 14.0. The molecule has 0 bridgehead atoms. The fourth-order valence-corrected chi connectivity index (χ4v) is 3.53. The minimum atomic E-state index is -5.30. The molecule has 3 N–H and O–H groups in total. The van der Waals surface area contributed by atoms with Gasteiger partial charge >= 0.3 is 12.2 Å². The number of aryl methyl sites for hydroxylation is 1. The summed E-state index contributed by atoms with van der Waals surface area (Å²) in [4.78, 5) is 25.3. The van der Waals surface area contributed by atoms with Gasteiger partial charge in [-0.05, 0) is 31.0 Å². The van der Waals surface area contributed by atoms with Gasteiger partial charge in [-0.15, -0.1) is 0 Å². The van der Waals surface area contributed by atoms with Gasteiger partial charge in [0.1, 0.15) is 11.7 Å². The molecule has 2 aromatic carbocycles. The molecule has 0 aromatic heterocycles. The molecule has 1 saturated heterocycles. The summed E-state index contributed by atoms with van der Waals surface area (Å²) in [5.41, 5.74) is -2.76. The summed E-state index contributed by atoms with van der Waals surface area (Å²) in [7, 11) is 0. The number of urea groups is 1. The molecule has 0 spiro atoms. The summed E-state index contributed by atoms with van der Waals surface area (Å²) in [5.74, 6) is -2.66. The van der Waals surface area contributed by atoms with E-state index in [9.17, 15) is 27.9 Å². The zero-order valence-electron chi connectivity index (χ0n) is 17.0. The van der Waals surface area contributed by atoms with Crippen LogP contribution in [0, 0.1) is 12.8 Å². The maximum absolute atomic E-state index is 14.0. The van der Waals surface area contributed by atoms with Crippen LogP contribution in [0.1, 0.15) is 40.9 Å². The second-order valence-electron chi connectivity index (χ2n) is 7.47. The van der Waals surface area contributed by atoms with Gasteiger partial charge in [-0.2, -0.15) is 13.2 Å². The number of benzene rings is 2. The number of carbonyl (C=O) groups excluding carboxylic acids is 2. The number of carbonyl (C=O) groups is 2. The van der Waals surface area contributed by atoms with Gasteiger partial charge in [0.05, 0.1) is 12.6 Å². The van der Waals surface area contributed by atoms with Crippen LogP contribution in [0.25, 0.3) is 0 Å². The van der Waals surface area contributed by atoms with Crippen molar-refractivity contribution in [2.24, 2.45) is 5.92 Å². The fraction of sp³-hybridized carbons (Fsp3) is 0.364. The Kier molecular flexibility index (Phi) is 6.26. The quantitative estimate of drug-likeness (QED) is 0.600. The third kappa shape index (κ3) is 4.51. The number of hydrogen-bond donors (Lipinski definition) is 3. The number of nitrogens with one attached hydrogen (secondary N) is 2. The minimum Gasteiger partial charge on any atom is -0.494 e. The number of hydrogen-bond acceptors (Lipinski definition) is 4. The van der Waals surface area contributed by atoms with Crippen molar-refractivity contribution in [2.45, 2.75) is 38.2 Å². The molecule has 1 aliphatic rings. The van der Waals surface area contributed by atoms with Crippen LogP contribution in [0.5, 0.6) is 5.75 Å². The normalized spacial score (nSPS) is 23.6. The van der Waals surface area contributed by atoms with Crippen LogP contribution in [0.15, 0.2) is 48.5 Å². The van der Waals surface area contributed by atoms with Gasteiger partial charge in [-0.1, -0.05) is 48.9 Å². The molecule has 2 aromatic rings. The molecule has 3 rings (SSSR count). The third-order valence-corrected chi connectivity index (χ3v) is 5.11. The van der Waals surface area contributed by atoms with Crippen LogP contribution < -0.4 is 15.4 Å². The van der Waals surface area contributed by atoms with E-state index in [4.69, 9.17) is 4.74 Å². The second-order valence-corrected chi connectivity index (χ2v) is 7.47. The van der Waals surface area contributed by atoms with E-state index >= 15 is 0 Å². The SMILES string of the molecule is CCCOc1cccc([C@@H]2NC(=O)N[C@](O)(C(F)(F)F)[C@H]2C(=O)c2ccc(C)cc2)c1. The van der Waals surface area contributed by atoms with Crippen LogP contribution in [0.3, 0.4) is 0 Å². The number of alkyl halides is 3. The Labute approximate surface area is 177 Å². The molecule has 2 amide bonds. The van der Waals surface area contributed by atoms with Gasteiger partial charge in [-0.25, -0.2) is 4.79 Å². The highest BCUT2D eigenvalue weighted by Gasteiger charge is 2.66. The molecule has 0 saturated carbocycles. The number of ketones is 1. The first kappa shape index (κ1) is 22.6. The van der Waals surface area contributed by atoms with E-state index in [0.717, 1.165) is 12.0 Å². The summed E-state index contributed by atoms with van der Waals surface area (Å²) < 4.78 is 47.4. The van der Waals surface area contributed by atoms with Crippen molar-refractivity contribution in [2.75, 3.05) is 6.61 Å². The average molecular weight is 436 g/mol. The van der Waals surface area contributed by atoms with Gasteiger partial charge in [0, 0.05) is 5.56 Å². The predicted molar refractivity (Wildman–Crippen MR) is 107 cm³/mol. The highest BCUT2D eigenvalue weighted by Crippen LogP contribution is 2.44. The average Bonchev–Trinajstić information content (AvgIpc) is 2.71. The Morgan fingerprint density at radius 3 is 2.48 bits per heavy atom. The Hall–Kier alpha value is -3.07. The van der Waals surface area contributed by atoms with E-state index in [2.05, 4.69) is 5.32 Å². The third-order valence-electron chi connectivity index (χ3n) is 5.11. The molecule has 0 radical (unpaired) electrons. The number of amides is 2. The Bertz CT molecular complexity index is 962. The predicted octanol–water partition coefficient (Wildman–Crippen LogP) is 3.89. The molecule has 166 valence electrons. The minimum absolute atomic E-state index is 0.0142. The molecule has 3 atom stereocenters. The summed E-state index contributed by atoms with van der Waals surface area (Å²) in [6.07, 6.45) is -4.58. The zero-order chi connectivity index (χ0) is 22.8. The van der Waals surface area contributed by atoms with Gasteiger partial charge < -0.3 is 20.5 Å². The monoisotopic (exact) mass is 436 g/mol. The van der Waals surface area contributed by atoms with Crippen LogP contribution >= 0.6 is 0 Å². The smallest absolute Gasteiger partial charge is 0.437 e. The molecule has 9 heteroatoms. The van der Waals surface area contributed by atoms with Gasteiger partial charge in [0.15, 0.2) is 5.78 Å². The molecule has 31 heavy (non-hydrogen) atoms. The van der Waals surface area contributed by atoms with Crippen molar-refractivity contribution in [1.82, 2.24) is 10.6 Å². The lowest BCUT2D eigenvalue weighted by Gasteiger charge is -2.45. The van der Waals surface area contributed by atoms with E-state index in [-0.39, 0.29) is 11.1 Å². The molecular formula is C22H23F3N2O4. The van der Waals surface area contributed by atoms with E-state index in [1.807, 2.05) is 6.92 Å². The first-order valence-electron chi connectivity index (χ1n) is 9.78. The van der Waals surface area contributed by atoms with Crippen LogP contribution in [0.4, 0.5) is 18.0 Å². The fourth-order valence-electron chi connectivity index (χ4n) is 3.53. The number of aliphatic hydroxyl groups is 1. The lowest BCUT2D eigenvalue weighted by atomic mass is 9.77. The maximum Gasteiger partial charge on any atom is 0.437 e. The number of rotatable bonds is 6. The van der Waals surface area contributed by atoms with Gasteiger partial charge in [-0.3, -0.25) is 4.79 Å². The molecular weight excluding hydrogens is 413 g/mol. The summed E-state index contributed by atoms with van der Waals surface area (Å²) in [5, 5.41) is 14.5. The Morgan fingerprint density at radius 1 is 1.19 bits per heavy atom. The van der Waals surface area contributed by atoms with Crippen LogP contribution in [-0.2, 0) is 0 Å². The van der Waals surface area contributed by atoms with Crippen molar-refractivity contribution in [3.8, 4) is 5.75 Å². The lowest BCUT2D eigenvalue weighted by Crippen LogP contribution is -2.72. The van der Waals surface area contributed by atoms with Crippen molar-refractivity contribution in [1.29, 1.82) is 0 Å². The van der Waals surface area contributed by atoms with Crippen LogP contribution in [-0.4, -0.2) is 35.4 Å². The number of Topliss-reactive ketones (excluding diaryl/α,β-unsaturated/α-hetero) is 1. The zero-order valence-corrected chi connectivity index (χ0v) is 17.0. The van der Waals surface area contributed by atoms with Gasteiger partial charge in [0.25, 0.3) is 0 Å². The number of ether oxygens (including phenoxy) is 1. The van der Waals surface area contributed by atoms with E-state index in [1.54, 1.807) is 31.2 Å². The second kappa shape index (κ2) is 8.58. The van der Waals surface area contributed by atoms with Crippen molar-refractivity contribution in [3.05, 3.63) is 65.2 Å². The summed E-state index contributed by atoms with van der Waals surface area (Å²) in [6, 6.07) is 9.37. The molecule has 6 nitrogen and oxygen atoms in total. The highest BCUT2D eigenvalue weighted by molar-refractivity contribution is 6.00. The molecule has 0 unspecified atom stereocenters. The first-order valence-corrected chi connectivity index (χ1v) is 9.78. The topological polar surface area (TPSA) is 87.7 Å². The van der Waals surface area contributed by atoms with E-state index < -0.39 is 35.7 Å². The molecule has 1 heterocycles. The van der Waals surface area contributed by atoms with E-state index in [1.165, 1.54) is 29.6 Å². The first-order chi connectivity index (χ1) is 14.6. The summed E-state index contributed by atoms with van der Waals surface area (Å²) >= 11 is 0. The van der Waals surface area contributed by atoms with Crippen molar-refractivity contribution < 1.29 is 32.6 Å². The highest BCUT2D eigenvalue weighted by atomic mass is 19.4.